The molecule has 0 unspecified atom stereocenters. The van der Waals surface area contributed by atoms with Crippen LogP contribution in [0.5, 0.6) is 5.75 Å². The van der Waals surface area contributed by atoms with Crippen LogP contribution >= 0.6 is 23.6 Å². The number of rotatable bonds is 2. The van der Waals surface area contributed by atoms with Crippen LogP contribution in [0.3, 0.4) is 0 Å². The second-order valence-electron chi connectivity index (χ2n) is 3.24. The monoisotopic (exact) mass is 237 g/mol. The fourth-order valence-electron chi connectivity index (χ4n) is 1.48. The SMILES string of the molecule is COc1ccc(-c2csc(=S)[nH]2)c(C)c1. The average molecular weight is 237 g/mol. The molecule has 2 nitrogen and oxygen atoms in total. The van der Waals surface area contributed by atoms with Crippen LogP contribution < -0.4 is 4.74 Å². The van der Waals surface area contributed by atoms with Crippen molar-refractivity contribution in [1.29, 1.82) is 0 Å². The third-order valence-corrected chi connectivity index (χ3v) is 3.30. The standard InChI is InChI=1S/C11H11NOS2/c1-7-5-8(13-2)3-4-9(7)10-6-15-11(14)12-10/h3-6H,1-2H3,(H,12,14). The van der Waals surface area contributed by atoms with E-state index in [1.165, 1.54) is 11.1 Å². The van der Waals surface area contributed by atoms with Crippen molar-refractivity contribution in [1.82, 2.24) is 4.98 Å². The quantitative estimate of drug-likeness (QED) is 0.804. The smallest absolute Gasteiger partial charge is 0.158 e. The molecule has 2 aromatic rings. The van der Waals surface area contributed by atoms with E-state index in [0.717, 1.165) is 15.4 Å². The highest BCUT2D eigenvalue weighted by atomic mass is 32.1. The van der Waals surface area contributed by atoms with Crippen molar-refractivity contribution in [2.24, 2.45) is 0 Å². The van der Waals surface area contributed by atoms with Gasteiger partial charge in [-0.2, -0.15) is 0 Å². The largest absolute Gasteiger partial charge is 0.497 e. The Hall–Kier alpha value is -1.13. The minimum atomic E-state index is 0.806. The van der Waals surface area contributed by atoms with Gasteiger partial charge in [-0.25, -0.2) is 0 Å². The Labute approximate surface area is 97.6 Å². The maximum atomic E-state index is 5.16. The summed E-state index contributed by atoms with van der Waals surface area (Å²) in [7, 11) is 1.67. The minimum absolute atomic E-state index is 0.806. The molecule has 0 radical (unpaired) electrons. The van der Waals surface area contributed by atoms with E-state index in [2.05, 4.69) is 11.9 Å². The van der Waals surface area contributed by atoms with E-state index >= 15 is 0 Å². The zero-order valence-corrected chi connectivity index (χ0v) is 10.2. The van der Waals surface area contributed by atoms with Crippen molar-refractivity contribution < 1.29 is 4.74 Å². The maximum absolute atomic E-state index is 5.16. The van der Waals surface area contributed by atoms with Crippen molar-refractivity contribution >= 4 is 23.6 Å². The summed E-state index contributed by atoms with van der Waals surface area (Å²) in [5.74, 6) is 0.880. The first-order chi connectivity index (χ1) is 7.20. The zero-order valence-electron chi connectivity index (χ0n) is 8.53. The van der Waals surface area contributed by atoms with Gasteiger partial charge in [-0.3, -0.25) is 0 Å². The Morgan fingerprint density at radius 3 is 2.73 bits per heavy atom. The second kappa shape index (κ2) is 4.16. The summed E-state index contributed by atoms with van der Waals surface area (Å²) in [4.78, 5) is 3.16. The molecule has 0 saturated heterocycles. The van der Waals surface area contributed by atoms with Gasteiger partial charge in [0.1, 0.15) is 5.75 Å². The Kier molecular flexibility index (Phi) is 2.88. The van der Waals surface area contributed by atoms with Crippen LogP contribution in [0, 0.1) is 10.9 Å². The molecule has 0 aliphatic carbocycles. The number of hydrogen-bond donors (Lipinski definition) is 1. The predicted molar refractivity (Wildman–Crippen MR) is 66.2 cm³/mol. The molecule has 1 aromatic carbocycles. The van der Waals surface area contributed by atoms with Crippen LogP contribution in [-0.2, 0) is 0 Å². The van der Waals surface area contributed by atoms with Gasteiger partial charge >= 0.3 is 0 Å². The molecule has 15 heavy (non-hydrogen) atoms. The molecule has 2 rings (SSSR count). The van der Waals surface area contributed by atoms with E-state index in [9.17, 15) is 0 Å². The Bertz CT molecular complexity index is 527. The predicted octanol–water partition coefficient (Wildman–Crippen LogP) is 3.79. The molecule has 0 saturated carbocycles. The van der Waals surface area contributed by atoms with E-state index in [1.807, 2.05) is 23.6 Å². The summed E-state index contributed by atoms with van der Waals surface area (Å²) in [6, 6.07) is 6.02. The van der Waals surface area contributed by atoms with Crippen molar-refractivity contribution in [2.45, 2.75) is 6.92 Å². The van der Waals surface area contributed by atoms with E-state index in [4.69, 9.17) is 17.0 Å². The van der Waals surface area contributed by atoms with Gasteiger partial charge in [0.15, 0.2) is 3.95 Å². The molecule has 1 aromatic heterocycles. The Morgan fingerprint density at radius 1 is 1.40 bits per heavy atom. The van der Waals surface area contributed by atoms with Gasteiger partial charge in [0.2, 0.25) is 0 Å². The van der Waals surface area contributed by atoms with Crippen LogP contribution in [0.15, 0.2) is 23.6 Å². The molecule has 78 valence electrons. The first-order valence-corrected chi connectivity index (χ1v) is 5.82. The summed E-state index contributed by atoms with van der Waals surface area (Å²) in [5, 5.41) is 2.04. The first-order valence-electron chi connectivity index (χ1n) is 4.53. The number of ether oxygens (including phenoxy) is 1. The van der Waals surface area contributed by atoms with Gasteiger partial charge in [0.05, 0.1) is 12.8 Å². The highest BCUT2D eigenvalue weighted by molar-refractivity contribution is 7.73. The average Bonchev–Trinajstić information content (AvgIpc) is 2.64. The lowest BCUT2D eigenvalue weighted by atomic mass is 10.1. The van der Waals surface area contributed by atoms with Gasteiger partial charge in [0, 0.05) is 10.9 Å². The maximum Gasteiger partial charge on any atom is 0.158 e. The van der Waals surface area contributed by atoms with Gasteiger partial charge < -0.3 is 9.72 Å². The molecule has 1 N–H and O–H groups in total. The Morgan fingerprint density at radius 2 is 2.20 bits per heavy atom. The number of thiazole rings is 1. The fraction of sp³-hybridized carbons (Fsp3) is 0.182. The van der Waals surface area contributed by atoms with Gasteiger partial charge in [-0.05, 0) is 42.9 Å². The molecule has 4 heteroatoms. The summed E-state index contributed by atoms with van der Waals surface area (Å²) in [5.41, 5.74) is 3.42. The lowest BCUT2D eigenvalue weighted by Crippen LogP contribution is -1.87. The molecule has 0 amide bonds. The van der Waals surface area contributed by atoms with E-state index in [0.29, 0.717) is 0 Å². The zero-order chi connectivity index (χ0) is 10.8. The number of hydrogen-bond acceptors (Lipinski definition) is 3. The molecule has 0 aliphatic rings. The van der Waals surface area contributed by atoms with Gasteiger partial charge in [-0.15, -0.1) is 11.3 Å². The minimum Gasteiger partial charge on any atom is -0.497 e. The third kappa shape index (κ3) is 2.11. The molecular formula is C11H11NOS2. The topological polar surface area (TPSA) is 25.0 Å². The van der Waals surface area contributed by atoms with Crippen LogP contribution in [0.2, 0.25) is 0 Å². The lowest BCUT2D eigenvalue weighted by Gasteiger charge is -2.05. The van der Waals surface area contributed by atoms with Crippen molar-refractivity contribution in [2.75, 3.05) is 7.11 Å². The molecule has 1 heterocycles. The highest BCUT2D eigenvalue weighted by Crippen LogP contribution is 2.26. The van der Waals surface area contributed by atoms with E-state index < -0.39 is 0 Å². The van der Waals surface area contributed by atoms with Crippen molar-refractivity contribution in [3.05, 3.63) is 33.1 Å². The number of methoxy groups -OCH3 is 1. The molecule has 0 spiro atoms. The second-order valence-corrected chi connectivity index (χ2v) is 4.79. The first kappa shape index (κ1) is 10.4. The van der Waals surface area contributed by atoms with Crippen LogP contribution in [0.25, 0.3) is 11.3 Å². The summed E-state index contributed by atoms with van der Waals surface area (Å²) in [6.07, 6.45) is 0. The summed E-state index contributed by atoms with van der Waals surface area (Å²) >= 11 is 6.61. The molecular weight excluding hydrogens is 226 g/mol. The van der Waals surface area contributed by atoms with E-state index in [-0.39, 0.29) is 0 Å². The number of aryl methyl sites for hydroxylation is 1. The summed E-state index contributed by atoms with van der Waals surface area (Å²) in [6.45, 7) is 2.06. The fourth-order valence-corrected chi connectivity index (χ4v) is 2.31. The number of nitrogens with one attached hydrogen (secondary N) is 1. The summed E-state index contributed by atoms with van der Waals surface area (Å²) < 4.78 is 5.97. The third-order valence-electron chi connectivity index (χ3n) is 2.24. The van der Waals surface area contributed by atoms with Crippen LogP contribution in [0.1, 0.15) is 5.56 Å². The van der Waals surface area contributed by atoms with Gasteiger partial charge in [-0.1, -0.05) is 0 Å². The molecule has 0 atom stereocenters. The van der Waals surface area contributed by atoms with Crippen molar-refractivity contribution in [3.8, 4) is 17.0 Å². The highest BCUT2D eigenvalue weighted by Gasteiger charge is 2.04. The number of H-pyrrole nitrogens is 1. The Balaban J connectivity index is 2.49. The van der Waals surface area contributed by atoms with Crippen LogP contribution in [0.4, 0.5) is 0 Å². The lowest BCUT2D eigenvalue weighted by molar-refractivity contribution is 0.414. The van der Waals surface area contributed by atoms with E-state index in [1.54, 1.807) is 18.4 Å². The van der Waals surface area contributed by atoms with Crippen molar-refractivity contribution in [3.63, 3.8) is 0 Å². The number of aromatic amines is 1. The van der Waals surface area contributed by atoms with Crippen LogP contribution in [-0.4, -0.2) is 12.1 Å². The molecule has 0 bridgehead atoms. The number of benzene rings is 1. The normalized spacial score (nSPS) is 10.3. The molecule has 0 fully saturated rings. The molecule has 0 aliphatic heterocycles. The number of aromatic nitrogens is 1. The van der Waals surface area contributed by atoms with Gasteiger partial charge in [0.25, 0.3) is 0 Å².